The first-order valence-electron chi connectivity index (χ1n) is 7.88. The molecule has 0 bridgehead atoms. The van der Waals surface area contributed by atoms with Gasteiger partial charge in [0.25, 0.3) is 5.91 Å². The van der Waals surface area contributed by atoms with Crippen LogP contribution in [-0.4, -0.2) is 53.9 Å². The van der Waals surface area contributed by atoms with Crippen LogP contribution in [-0.2, 0) is 7.05 Å². The van der Waals surface area contributed by atoms with Gasteiger partial charge in [-0.15, -0.1) is 0 Å². The standard InChI is InChI=1S/C17H21ClN4O2/c1-12-15(16(18)20(2)19-12)17(23)22-9-7-21(8-10-22)13-5-4-6-14(11-13)24-3/h4-6,11H,7-10H2,1-3H3. The molecule has 0 saturated carbocycles. The van der Waals surface area contributed by atoms with Gasteiger partial charge in [-0.1, -0.05) is 17.7 Å². The number of nitrogens with zero attached hydrogens (tertiary/aromatic N) is 4. The molecule has 2 heterocycles. The van der Waals surface area contributed by atoms with Gasteiger partial charge in [0.15, 0.2) is 0 Å². The second-order valence-corrected chi connectivity index (χ2v) is 6.21. The maximum atomic E-state index is 12.7. The molecule has 2 aromatic rings. The zero-order valence-corrected chi connectivity index (χ0v) is 14.9. The molecule has 7 heteroatoms. The molecule has 0 N–H and O–H groups in total. The minimum atomic E-state index is -0.0455. The summed E-state index contributed by atoms with van der Waals surface area (Å²) in [4.78, 5) is 16.8. The Hall–Kier alpha value is -2.21. The van der Waals surface area contributed by atoms with Gasteiger partial charge in [0.05, 0.1) is 18.4 Å². The molecule has 0 unspecified atom stereocenters. The number of carbonyl (C=O) groups excluding carboxylic acids is 1. The number of hydrogen-bond acceptors (Lipinski definition) is 4. The first-order valence-corrected chi connectivity index (χ1v) is 8.26. The highest BCUT2D eigenvalue weighted by Gasteiger charge is 2.27. The van der Waals surface area contributed by atoms with Gasteiger partial charge in [-0.3, -0.25) is 9.48 Å². The summed E-state index contributed by atoms with van der Waals surface area (Å²) in [7, 11) is 3.41. The van der Waals surface area contributed by atoms with Gasteiger partial charge in [-0.05, 0) is 19.1 Å². The van der Waals surface area contributed by atoms with E-state index in [1.54, 1.807) is 14.2 Å². The number of ether oxygens (including phenoxy) is 1. The normalized spacial score (nSPS) is 14.8. The van der Waals surface area contributed by atoms with Crippen LogP contribution in [0.1, 0.15) is 16.1 Å². The zero-order valence-electron chi connectivity index (χ0n) is 14.1. The first-order chi connectivity index (χ1) is 11.5. The second-order valence-electron chi connectivity index (χ2n) is 5.86. The van der Waals surface area contributed by atoms with Crippen LogP contribution in [0.25, 0.3) is 0 Å². The summed E-state index contributed by atoms with van der Waals surface area (Å²) in [6, 6.07) is 7.97. The van der Waals surface area contributed by atoms with Gasteiger partial charge in [0.1, 0.15) is 10.9 Å². The van der Waals surface area contributed by atoms with Crippen molar-refractivity contribution in [2.75, 3.05) is 38.2 Å². The van der Waals surface area contributed by atoms with E-state index in [0.29, 0.717) is 29.5 Å². The second kappa shape index (κ2) is 6.73. The number of rotatable bonds is 3. The summed E-state index contributed by atoms with van der Waals surface area (Å²) in [5, 5.41) is 4.62. The van der Waals surface area contributed by atoms with Crippen molar-refractivity contribution < 1.29 is 9.53 Å². The number of carbonyl (C=O) groups is 1. The van der Waals surface area contributed by atoms with E-state index in [-0.39, 0.29) is 5.91 Å². The van der Waals surface area contributed by atoms with E-state index in [0.717, 1.165) is 24.5 Å². The van der Waals surface area contributed by atoms with Crippen molar-refractivity contribution in [1.29, 1.82) is 0 Å². The minimum absolute atomic E-state index is 0.0455. The molecular weight excluding hydrogens is 328 g/mol. The molecule has 1 fully saturated rings. The number of aromatic nitrogens is 2. The maximum Gasteiger partial charge on any atom is 0.259 e. The van der Waals surface area contributed by atoms with Crippen LogP contribution in [0, 0.1) is 6.92 Å². The Bertz CT molecular complexity index is 751. The maximum absolute atomic E-state index is 12.7. The lowest BCUT2D eigenvalue weighted by Crippen LogP contribution is -2.49. The molecule has 1 aromatic carbocycles. The zero-order chi connectivity index (χ0) is 17.3. The van der Waals surface area contributed by atoms with Crippen LogP contribution in [0.4, 0.5) is 5.69 Å². The molecule has 128 valence electrons. The van der Waals surface area contributed by atoms with Crippen molar-refractivity contribution in [2.24, 2.45) is 7.05 Å². The first kappa shape index (κ1) is 16.6. The van der Waals surface area contributed by atoms with Crippen LogP contribution < -0.4 is 9.64 Å². The number of anilines is 1. The van der Waals surface area contributed by atoms with Gasteiger partial charge in [0.2, 0.25) is 0 Å². The van der Waals surface area contributed by atoms with E-state index in [4.69, 9.17) is 16.3 Å². The van der Waals surface area contributed by atoms with E-state index in [2.05, 4.69) is 16.1 Å². The van der Waals surface area contributed by atoms with E-state index in [1.807, 2.05) is 30.0 Å². The van der Waals surface area contributed by atoms with Crippen molar-refractivity contribution in [1.82, 2.24) is 14.7 Å². The Morgan fingerprint density at radius 1 is 1.25 bits per heavy atom. The number of hydrogen-bond donors (Lipinski definition) is 0. The molecule has 0 radical (unpaired) electrons. The summed E-state index contributed by atoms with van der Waals surface area (Å²) in [5.41, 5.74) is 2.29. The van der Waals surface area contributed by atoms with Gasteiger partial charge >= 0.3 is 0 Å². The van der Waals surface area contributed by atoms with Crippen molar-refractivity contribution in [2.45, 2.75) is 6.92 Å². The summed E-state index contributed by atoms with van der Waals surface area (Å²) in [6.45, 7) is 4.67. The minimum Gasteiger partial charge on any atom is -0.497 e. The lowest BCUT2D eigenvalue weighted by atomic mass is 10.2. The lowest BCUT2D eigenvalue weighted by molar-refractivity contribution is 0.0746. The number of piperazine rings is 1. The SMILES string of the molecule is COc1cccc(N2CCN(C(=O)c3c(C)nn(C)c3Cl)CC2)c1. The largest absolute Gasteiger partial charge is 0.497 e. The van der Waals surface area contributed by atoms with Gasteiger partial charge in [0, 0.05) is 45.0 Å². The predicted octanol–water partition coefficient (Wildman–Crippen LogP) is 2.35. The fourth-order valence-electron chi connectivity index (χ4n) is 3.01. The third kappa shape index (κ3) is 3.06. The van der Waals surface area contributed by atoms with Crippen LogP contribution >= 0.6 is 11.6 Å². The summed E-state index contributed by atoms with van der Waals surface area (Å²) >= 11 is 6.21. The van der Waals surface area contributed by atoms with Gasteiger partial charge in [-0.2, -0.15) is 5.10 Å². The Balaban J connectivity index is 1.69. The highest BCUT2D eigenvalue weighted by Crippen LogP contribution is 2.24. The number of aryl methyl sites for hydroxylation is 2. The highest BCUT2D eigenvalue weighted by atomic mass is 35.5. The average molecular weight is 349 g/mol. The molecule has 24 heavy (non-hydrogen) atoms. The van der Waals surface area contributed by atoms with E-state index in [1.165, 1.54) is 4.68 Å². The van der Waals surface area contributed by atoms with Crippen LogP contribution in [0.3, 0.4) is 0 Å². The predicted molar refractivity (Wildman–Crippen MR) is 94.1 cm³/mol. The molecule has 1 aliphatic heterocycles. The smallest absolute Gasteiger partial charge is 0.259 e. The van der Waals surface area contributed by atoms with E-state index >= 15 is 0 Å². The van der Waals surface area contributed by atoms with Crippen LogP contribution in [0.2, 0.25) is 5.15 Å². The van der Waals surface area contributed by atoms with Crippen molar-refractivity contribution >= 4 is 23.2 Å². The van der Waals surface area contributed by atoms with Gasteiger partial charge in [-0.25, -0.2) is 0 Å². The Labute approximate surface area is 146 Å². The molecule has 1 aromatic heterocycles. The van der Waals surface area contributed by atoms with E-state index in [9.17, 15) is 4.79 Å². The molecular formula is C17H21ClN4O2. The van der Waals surface area contributed by atoms with Crippen molar-refractivity contribution in [3.8, 4) is 5.75 Å². The number of benzene rings is 1. The van der Waals surface area contributed by atoms with Crippen molar-refractivity contribution in [3.05, 3.63) is 40.7 Å². The topological polar surface area (TPSA) is 50.6 Å². The summed E-state index contributed by atoms with van der Waals surface area (Å²) in [5.74, 6) is 0.791. The third-order valence-electron chi connectivity index (χ3n) is 4.35. The lowest BCUT2D eigenvalue weighted by Gasteiger charge is -2.36. The quantitative estimate of drug-likeness (QED) is 0.854. The Morgan fingerprint density at radius 3 is 2.54 bits per heavy atom. The van der Waals surface area contributed by atoms with Crippen LogP contribution in [0.15, 0.2) is 24.3 Å². The summed E-state index contributed by atoms with van der Waals surface area (Å²) < 4.78 is 6.81. The third-order valence-corrected chi connectivity index (χ3v) is 4.79. The molecule has 6 nitrogen and oxygen atoms in total. The monoisotopic (exact) mass is 348 g/mol. The Morgan fingerprint density at radius 2 is 1.96 bits per heavy atom. The van der Waals surface area contributed by atoms with Crippen LogP contribution in [0.5, 0.6) is 5.75 Å². The van der Waals surface area contributed by atoms with Crippen molar-refractivity contribution in [3.63, 3.8) is 0 Å². The average Bonchev–Trinajstić information content (AvgIpc) is 2.86. The fraction of sp³-hybridized carbons (Fsp3) is 0.412. The number of methoxy groups -OCH3 is 1. The Kier molecular flexibility index (Phi) is 4.66. The van der Waals surface area contributed by atoms with E-state index < -0.39 is 0 Å². The fourth-order valence-corrected chi connectivity index (χ4v) is 3.26. The molecule has 1 amide bonds. The number of amides is 1. The molecule has 1 saturated heterocycles. The molecule has 1 aliphatic rings. The summed E-state index contributed by atoms with van der Waals surface area (Å²) in [6.07, 6.45) is 0. The van der Waals surface area contributed by atoms with Gasteiger partial charge < -0.3 is 14.5 Å². The molecule has 0 atom stereocenters. The number of halogens is 1. The molecule has 3 rings (SSSR count). The molecule has 0 aliphatic carbocycles. The highest BCUT2D eigenvalue weighted by molar-refractivity contribution is 6.33. The molecule has 0 spiro atoms.